The van der Waals surface area contributed by atoms with Gasteiger partial charge in [-0.25, -0.2) is 13.1 Å². The number of nitrogens with zero attached hydrogens (tertiary/aromatic N) is 4. The van der Waals surface area contributed by atoms with E-state index in [2.05, 4.69) is 20.1 Å². The maximum Gasteiger partial charge on any atom is 0.407 e. The highest BCUT2D eigenvalue weighted by Crippen LogP contribution is 2.45. The van der Waals surface area contributed by atoms with Crippen molar-refractivity contribution in [1.82, 2.24) is 19.9 Å². The lowest BCUT2D eigenvalue weighted by Crippen LogP contribution is -2.62. The Hall–Kier alpha value is -1.73. The number of aliphatic imine (C=N–C) groups is 1. The monoisotopic (exact) mass is 534 g/mol. The van der Waals surface area contributed by atoms with E-state index in [9.17, 15) is 26.4 Å². The van der Waals surface area contributed by atoms with Gasteiger partial charge in [0, 0.05) is 36.5 Å². The number of hydrogen-bond donors (Lipinski definition) is 2. The zero-order valence-electron chi connectivity index (χ0n) is 21.4. The van der Waals surface area contributed by atoms with E-state index in [0.717, 1.165) is 5.01 Å². The predicted octanol–water partition coefficient (Wildman–Crippen LogP) is 1.61. The van der Waals surface area contributed by atoms with Crippen LogP contribution < -0.4 is 10.0 Å². The molecular weight excluding hydrogens is 497 g/mol. The van der Waals surface area contributed by atoms with Gasteiger partial charge in [0.05, 0.1) is 35.8 Å². The molecule has 0 saturated carbocycles. The molecular formula is C23H37F3N6O3S. The van der Waals surface area contributed by atoms with Gasteiger partial charge in [0.1, 0.15) is 6.54 Å². The van der Waals surface area contributed by atoms with Gasteiger partial charge in [-0.15, -0.1) is 0 Å². The summed E-state index contributed by atoms with van der Waals surface area (Å²) in [4.78, 5) is 19.7. The molecule has 204 valence electrons. The van der Waals surface area contributed by atoms with Crippen LogP contribution in [0.4, 0.5) is 13.2 Å². The molecule has 0 aromatic heterocycles. The number of carbonyl (C=O) groups excluding carboxylic acids is 1. The molecule has 9 nitrogen and oxygen atoms in total. The van der Waals surface area contributed by atoms with Gasteiger partial charge in [0.25, 0.3) is 0 Å². The Balaban J connectivity index is 1.49. The van der Waals surface area contributed by atoms with E-state index in [1.807, 2.05) is 27.0 Å². The second-order valence-electron chi connectivity index (χ2n) is 11.5. The molecule has 36 heavy (non-hydrogen) atoms. The van der Waals surface area contributed by atoms with Gasteiger partial charge in [-0.1, -0.05) is 6.92 Å². The van der Waals surface area contributed by atoms with Gasteiger partial charge in [0.2, 0.25) is 15.9 Å². The first kappa shape index (κ1) is 27.3. The number of hydrogen-bond acceptors (Lipinski definition) is 7. The lowest BCUT2D eigenvalue weighted by Gasteiger charge is -2.45. The molecule has 2 N–H and O–H groups in total. The Morgan fingerprint density at radius 3 is 2.58 bits per heavy atom. The number of hydrazone groups is 1. The maximum atomic E-state index is 13.6. The Labute approximate surface area is 211 Å². The quantitative estimate of drug-likeness (QED) is 0.539. The van der Waals surface area contributed by atoms with Crippen molar-refractivity contribution in [1.29, 1.82) is 0 Å². The average Bonchev–Trinajstić information content (AvgIpc) is 3.25. The smallest absolute Gasteiger partial charge is 0.326 e. The van der Waals surface area contributed by atoms with E-state index in [1.165, 1.54) is 6.21 Å². The second-order valence-corrected chi connectivity index (χ2v) is 13.5. The molecule has 7 atom stereocenters. The third kappa shape index (κ3) is 5.28. The summed E-state index contributed by atoms with van der Waals surface area (Å²) in [7, 11) is -3.51. The molecule has 0 aromatic carbocycles. The van der Waals surface area contributed by atoms with Gasteiger partial charge < -0.3 is 10.2 Å². The van der Waals surface area contributed by atoms with Gasteiger partial charge in [0.15, 0.2) is 0 Å². The third-order valence-corrected chi connectivity index (χ3v) is 9.91. The number of alkyl halides is 3. The summed E-state index contributed by atoms with van der Waals surface area (Å²) in [5, 5.41) is 7.90. The Morgan fingerprint density at radius 1 is 1.25 bits per heavy atom. The van der Waals surface area contributed by atoms with Crippen LogP contribution in [0.1, 0.15) is 47.5 Å². The molecule has 13 heteroatoms. The second kappa shape index (κ2) is 9.54. The average molecular weight is 535 g/mol. The minimum absolute atomic E-state index is 0.00357. The van der Waals surface area contributed by atoms with Crippen molar-refractivity contribution >= 4 is 28.4 Å². The van der Waals surface area contributed by atoms with E-state index in [-0.39, 0.29) is 54.9 Å². The van der Waals surface area contributed by atoms with Crippen LogP contribution in [0, 0.1) is 17.8 Å². The highest BCUT2D eigenvalue weighted by atomic mass is 32.2. The van der Waals surface area contributed by atoms with Gasteiger partial charge in [-0.3, -0.25) is 14.8 Å². The molecule has 0 aromatic rings. The third-order valence-electron chi connectivity index (χ3n) is 7.89. The van der Waals surface area contributed by atoms with E-state index >= 15 is 0 Å². The predicted molar refractivity (Wildman–Crippen MR) is 131 cm³/mol. The van der Waals surface area contributed by atoms with Crippen molar-refractivity contribution in [2.75, 3.05) is 19.6 Å². The van der Waals surface area contributed by atoms with Crippen LogP contribution in [0.15, 0.2) is 10.1 Å². The van der Waals surface area contributed by atoms with Crippen molar-refractivity contribution in [2.24, 2.45) is 27.8 Å². The Bertz CT molecular complexity index is 1020. The first-order chi connectivity index (χ1) is 16.6. The molecule has 0 radical (unpaired) electrons. The fourth-order valence-electron chi connectivity index (χ4n) is 6.40. The Kier molecular flexibility index (Phi) is 7.24. The number of piperidine rings is 1. The number of fused-ring (bicyclic) bond motifs is 1. The summed E-state index contributed by atoms with van der Waals surface area (Å²) in [6.45, 7) is 8.55. The topological polar surface area (TPSA) is 106 Å². The number of amides is 1. The first-order valence-electron chi connectivity index (χ1n) is 12.6. The molecule has 0 spiro atoms. The summed E-state index contributed by atoms with van der Waals surface area (Å²) in [5.41, 5.74) is -0.671. The van der Waals surface area contributed by atoms with Crippen LogP contribution in [0.2, 0.25) is 0 Å². The summed E-state index contributed by atoms with van der Waals surface area (Å²) < 4.78 is 66.8. The standard InChI is InChI=1S/C23H37F3N6O3S/c1-13(2)30-36(34,35)17-7-15(8-27-10-17)18-6-14(3)19-20(29-18)22(4,5)32(21(19)33)16-9-28-31(11-16)12-23(24,25)26/h8-9,13-20,29-30H,6-7,10-12H2,1-5H3. The molecule has 4 rings (SSSR count). The van der Waals surface area contributed by atoms with Crippen LogP contribution >= 0.6 is 0 Å². The molecule has 2 fully saturated rings. The number of rotatable bonds is 6. The fraction of sp³-hybridized carbons (Fsp3) is 0.870. The van der Waals surface area contributed by atoms with Crippen molar-refractivity contribution < 1.29 is 26.4 Å². The van der Waals surface area contributed by atoms with Gasteiger partial charge in [-0.05, 0) is 46.5 Å². The summed E-state index contributed by atoms with van der Waals surface area (Å²) in [5.74, 6) is -0.482. The minimum Gasteiger partial charge on any atom is -0.326 e. The molecule has 0 bridgehead atoms. The molecule has 0 aliphatic carbocycles. The summed E-state index contributed by atoms with van der Waals surface area (Å²) in [6, 6.07) is -1.03. The van der Waals surface area contributed by atoms with Crippen LogP contribution in [-0.2, 0) is 14.8 Å². The number of carbonyl (C=O) groups is 1. The molecule has 4 aliphatic heterocycles. The van der Waals surface area contributed by atoms with Crippen LogP contribution in [-0.4, -0.2) is 97.4 Å². The lowest BCUT2D eigenvalue weighted by molar-refractivity contribution is -0.146. The number of likely N-dealkylation sites (tertiary alicyclic amines) is 1. The van der Waals surface area contributed by atoms with Crippen molar-refractivity contribution in [3.63, 3.8) is 0 Å². The first-order valence-corrected chi connectivity index (χ1v) is 14.1. The van der Waals surface area contributed by atoms with E-state index in [4.69, 9.17) is 0 Å². The van der Waals surface area contributed by atoms with Crippen molar-refractivity contribution in [2.45, 2.75) is 88.6 Å². The highest BCUT2D eigenvalue weighted by molar-refractivity contribution is 7.90. The lowest BCUT2D eigenvalue weighted by atomic mass is 9.72. The van der Waals surface area contributed by atoms with Crippen molar-refractivity contribution in [3.8, 4) is 0 Å². The zero-order chi connectivity index (χ0) is 26.6. The minimum atomic E-state index is -4.37. The molecule has 4 heterocycles. The number of nitrogens with one attached hydrogen (secondary N) is 2. The maximum absolute atomic E-state index is 13.6. The Morgan fingerprint density at radius 2 is 1.94 bits per heavy atom. The van der Waals surface area contributed by atoms with Crippen LogP contribution in [0.3, 0.4) is 0 Å². The molecule has 1 amide bonds. The zero-order valence-corrected chi connectivity index (χ0v) is 22.2. The largest absolute Gasteiger partial charge is 0.407 e. The van der Waals surface area contributed by atoms with Crippen molar-refractivity contribution in [3.05, 3.63) is 0 Å². The fourth-order valence-corrected chi connectivity index (χ4v) is 8.01. The van der Waals surface area contributed by atoms with E-state index < -0.39 is 39.6 Å². The van der Waals surface area contributed by atoms with Crippen LogP contribution in [0.25, 0.3) is 0 Å². The molecule has 4 aliphatic rings. The van der Waals surface area contributed by atoms with Gasteiger partial charge >= 0.3 is 6.18 Å². The number of halogens is 3. The summed E-state index contributed by atoms with van der Waals surface area (Å²) >= 11 is 0. The summed E-state index contributed by atoms with van der Waals surface area (Å²) in [6.07, 6.45) is 0.0255. The van der Waals surface area contributed by atoms with Gasteiger partial charge in [-0.2, -0.15) is 18.3 Å². The van der Waals surface area contributed by atoms with Crippen LogP contribution in [0.5, 0.6) is 0 Å². The SMILES string of the molecule is CC(C)NS(=O)(=O)C1CN=CC(C2CC(C)C3C(=O)N(C4C=NN(CC(F)(F)F)C4)C(C)(C)C3N2)C1. The van der Waals surface area contributed by atoms with E-state index in [0.29, 0.717) is 12.8 Å². The normalized spacial score (nSPS) is 36.7. The highest BCUT2D eigenvalue weighted by Gasteiger charge is 2.60. The molecule has 7 unspecified atom stereocenters. The molecule has 2 saturated heterocycles. The number of sulfonamides is 1. The van der Waals surface area contributed by atoms with E-state index in [1.54, 1.807) is 18.7 Å².